The second kappa shape index (κ2) is 10.6. The summed E-state index contributed by atoms with van der Waals surface area (Å²) in [5.41, 5.74) is 3.86. The average molecular weight is 369 g/mol. The first kappa shape index (κ1) is 20.0. The maximum atomic E-state index is 11.8. The molecule has 7 heteroatoms. The zero-order valence-corrected chi connectivity index (χ0v) is 15.4. The first-order chi connectivity index (χ1) is 13.1. The number of methoxy groups -OCH3 is 1. The number of benzene rings is 2. The summed E-state index contributed by atoms with van der Waals surface area (Å²) in [7, 11) is 1.57. The van der Waals surface area contributed by atoms with Crippen molar-refractivity contribution in [1.29, 1.82) is 0 Å². The number of hydrazone groups is 1. The predicted octanol–water partition coefficient (Wildman–Crippen LogP) is 2.96. The van der Waals surface area contributed by atoms with Gasteiger partial charge in [-0.1, -0.05) is 18.2 Å². The Hall–Kier alpha value is -3.35. The number of nitrogens with zero attached hydrogens (tertiary/aromatic N) is 1. The predicted molar refractivity (Wildman–Crippen MR) is 104 cm³/mol. The number of carbonyl (C=O) groups is 2. The van der Waals surface area contributed by atoms with Crippen LogP contribution < -0.4 is 20.2 Å². The summed E-state index contributed by atoms with van der Waals surface area (Å²) in [6.45, 7) is 2.40. The van der Waals surface area contributed by atoms with Crippen molar-refractivity contribution in [3.63, 3.8) is 0 Å². The van der Waals surface area contributed by atoms with Crippen molar-refractivity contribution < 1.29 is 19.1 Å². The van der Waals surface area contributed by atoms with Gasteiger partial charge < -0.3 is 14.8 Å². The number of carbonyl (C=O) groups excluding carboxylic acids is 2. The minimum Gasteiger partial charge on any atom is -0.493 e. The molecule has 0 spiro atoms. The minimum absolute atomic E-state index is 0.0445. The number of amides is 2. The average Bonchev–Trinajstić information content (AvgIpc) is 2.68. The Labute approximate surface area is 158 Å². The highest BCUT2D eigenvalue weighted by Gasteiger charge is 2.07. The highest BCUT2D eigenvalue weighted by atomic mass is 16.5. The van der Waals surface area contributed by atoms with Crippen LogP contribution in [-0.4, -0.2) is 31.7 Å². The molecule has 0 aliphatic rings. The van der Waals surface area contributed by atoms with Crippen molar-refractivity contribution in [2.24, 2.45) is 5.10 Å². The van der Waals surface area contributed by atoms with Gasteiger partial charge in [0, 0.05) is 18.5 Å². The van der Waals surface area contributed by atoms with Gasteiger partial charge in [-0.3, -0.25) is 9.59 Å². The summed E-state index contributed by atoms with van der Waals surface area (Å²) in [4.78, 5) is 23.6. The maximum absolute atomic E-state index is 11.8. The van der Waals surface area contributed by atoms with Gasteiger partial charge in [0.2, 0.25) is 11.8 Å². The SMILES string of the molecule is CCOc1cc(C=NNC(=O)CCC(=O)Nc2ccccc2)ccc1OC. The molecule has 0 bridgehead atoms. The number of hydrogen-bond acceptors (Lipinski definition) is 5. The van der Waals surface area contributed by atoms with Crippen LogP contribution in [0.15, 0.2) is 53.6 Å². The van der Waals surface area contributed by atoms with E-state index in [9.17, 15) is 9.59 Å². The maximum Gasteiger partial charge on any atom is 0.240 e. The molecule has 0 radical (unpaired) electrons. The fourth-order valence-corrected chi connectivity index (χ4v) is 2.25. The van der Waals surface area contributed by atoms with Crippen LogP contribution in [-0.2, 0) is 9.59 Å². The summed E-state index contributed by atoms with van der Waals surface area (Å²) in [5.74, 6) is 0.667. The van der Waals surface area contributed by atoms with Crippen molar-refractivity contribution in [2.45, 2.75) is 19.8 Å². The highest BCUT2D eigenvalue weighted by molar-refractivity contribution is 5.93. The molecule has 0 heterocycles. The lowest BCUT2D eigenvalue weighted by Crippen LogP contribution is -2.20. The molecule has 2 aromatic rings. The smallest absolute Gasteiger partial charge is 0.240 e. The van der Waals surface area contributed by atoms with E-state index in [0.29, 0.717) is 23.8 Å². The Kier molecular flexibility index (Phi) is 7.84. The fraction of sp³-hybridized carbons (Fsp3) is 0.250. The lowest BCUT2D eigenvalue weighted by Gasteiger charge is -2.09. The third-order valence-corrected chi connectivity index (χ3v) is 3.53. The number of anilines is 1. The third kappa shape index (κ3) is 6.81. The highest BCUT2D eigenvalue weighted by Crippen LogP contribution is 2.27. The van der Waals surface area contributed by atoms with Crippen molar-refractivity contribution in [3.05, 3.63) is 54.1 Å². The molecule has 0 atom stereocenters. The molecule has 7 nitrogen and oxygen atoms in total. The summed E-state index contributed by atoms with van der Waals surface area (Å²) in [5, 5.41) is 6.63. The van der Waals surface area contributed by atoms with E-state index < -0.39 is 0 Å². The Morgan fingerprint density at radius 1 is 1.04 bits per heavy atom. The fourth-order valence-electron chi connectivity index (χ4n) is 2.25. The van der Waals surface area contributed by atoms with Gasteiger partial charge in [0.05, 0.1) is 19.9 Å². The van der Waals surface area contributed by atoms with E-state index in [-0.39, 0.29) is 24.7 Å². The standard InChI is InChI=1S/C20H23N3O4/c1-3-27-18-13-15(9-10-17(18)26-2)14-21-23-20(25)12-11-19(24)22-16-7-5-4-6-8-16/h4-10,13-14H,3,11-12H2,1-2H3,(H,22,24)(H,23,25). The molecule has 2 amide bonds. The van der Waals surface area contributed by atoms with Crippen molar-refractivity contribution in [1.82, 2.24) is 5.43 Å². The van der Waals surface area contributed by atoms with E-state index in [4.69, 9.17) is 9.47 Å². The zero-order valence-electron chi connectivity index (χ0n) is 15.4. The molecular weight excluding hydrogens is 346 g/mol. The Morgan fingerprint density at radius 3 is 2.48 bits per heavy atom. The van der Waals surface area contributed by atoms with Gasteiger partial charge in [0.25, 0.3) is 0 Å². The van der Waals surface area contributed by atoms with Gasteiger partial charge in [0.15, 0.2) is 11.5 Å². The number of nitrogens with one attached hydrogen (secondary N) is 2. The van der Waals surface area contributed by atoms with Crippen LogP contribution in [0.3, 0.4) is 0 Å². The lowest BCUT2D eigenvalue weighted by atomic mass is 10.2. The quantitative estimate of drug-likeness (QED) is 0.525. The Bertz CT molecular complexity index is 791. The van der Waals surface area contributed by atoms with E-state index in [1.807, 2.05) is 25.1 Å². The molecule has 0 aromatic heterocycles. The summed E-state index contributed by atoms with van der Waals surface area (Å²) < 4.78 is 10.7. The normalized spacial score (nSPS) is 10.4. The molecule has 0 fully saturated rings. The molecule has 0 aliphatic carbocycles. The van der Waals surface area contributed by atoms with Gasteiger partial charge in [-0.05, 0) is 42.8 Å². The second-order valence-corrected chi connectivity index (χ2v) is 5.55. The van der Waals surface area contributed by atoms with E-state index >= 15 is 0 Å². The second-order valence-electron chi connectivity index (χ2n) is 5.55. The molecule has 0 saturated heterocycles. The Balaban J connectivity index is 1.79. The van der Waals surface area contributed by atoms with Gasteiger partial charge in [-0.15, -0.1) is 0 Å². The molecule has 2 rings (SSSR count). The van der Waals surface area contributed by atoms with E-state index in [1.165, 1.54) is 6.21 Å². The molecular formula is C20H23N3O4. The zero-order chi connectivity index (χ0) is 19.5. The van der Waals surface area contributed by atoms with Crippen LogP contribution in [0.1, 0.15) is 25.3 Å². The van der Waals surface area contributed by atoms with Crippen molar-refractivity contribution in [2.75, 3.05) is 19.0 Å². The summed E-state index contributed by atoms with van der Waals surface area (Å²) in [6, 6.07) is 14.4. The van der Waals surface area contributed by atoms with Crippen molar-refractivity contribution >= 4 is 23.7 Å². The number of rotatable bonds is 9. The third-order valence-electron chi connectivity index (χ3n) is 3.53. The molecule has 27 heavy (non-hydrogen) atoms. The number of hydrogen-bond donors (Lipinski definition) is 2. The number of para-hydroxylation sites is 1. The molecule has 0 unspecified atom stereocenters. The van der Waals surface area contributed by atoms with Crippen LogP contribution in [0.25, 0.3) is 0 Å². The van der Waals surface area contributed by atoms with Crippen LogP contribution in [0, 0.1) is 0 Å². The molecule has 0 aliphatic heterocycles. The summed E-state index contributed by atoms with van der Waals surface area (Å²) >= 11 is 0. The first-order valence-electron chi connectivity index (χ1n) is 8.60. The van der Waals surface area contributed by atoms with E-state index in [1.54, 1.807) is 37.4 Å². The van der Waals surface area contributed by atoms with Crippen LogP contribution in [0.4, 0.5) is 5.69 Å². The molecule has 2 aromatic carbocycles. The lowest BCUT2D eigenvalue weighted by molar-refractivity contribution is -0.124. The van der Waals surface area contributed by atoms with Gasteiger partial charge in [-0.25, -0.2) is 5.43 Å². The topological polar surface area (TPSA) is 89.0 Å². The van der Waals surface area contributed by atoms with Crippen LogP contribution in [0.2, 0.25) is 0 Å². The van der Waals surface area contributed by atoms with Crippen LogP contribution in [0.5, 0.6) is 11.5 Å². The minimum atomic E-state index is -0.340. The van der Waals surface area contributed by atoms with Crippen LogP contribution >= 0.6 is 0 Å². The van der Waals surface area contributed by atoms with E-state index in [2.05, 4.69) is 15.8 Å². The number of ether oxygens (including phenoxy) is 2. The molecule has 0 saturated carbocycles. The van der Waals surface area contributed by atoms with Gasteiger partial charge in [0.1, 0.15) is 0 Å². The largest absolute Gasteiger partial charge is 0.493 e. The van der Waals surface area contributed by atoms with Gasteiger partial charge >= 0.3 is 0 Å². The molecule has 142 valence electrons. The monoisotopic (exact) mass is 369 g/mol. The molecule has 2 N–H and O–H groups in total. The summed E-state index contributed by atoms with van der Waals surface area (Å²) in [6.07, 6.45) is 1.62. The Morgan fingerprint density at radius 2 is 1.78 bits per heavy atom. The van der Waals surface area contributed by atoms with E-state index in [0.717, 1.165) is 5.56 Å². The van der Waals surface area contributed by atoms with Gasteiger partial charge in [-0.2, -0.15) is 5.10 Å². The van der Waals surface area contributed by atoms with Crippen molar-refractivity contribution in [3.8, 4) is 11.5 Å². The first-order valence-corrected chi connectivity index (χ1v) is 8.60.